The number of nitrogens with zero attached hydrogens (tertiary/aromatic N) is 1. The zero-order valence-electron chi connectivity index (χ0n) is 16.5. The molecule has 0 spiro atoms. The highest BCUT2D eigenvalue weighted by Crippen LogP contribution is 2.36. The van der Waals surface area contributed by atoms with Crippen LogP contribution in [0.3, 0.4) is 0 Å². The van der Waals surface area contributed by atoms with Gasteiger partial charge in [0.15, 0.2) is 0 Å². The third kappa shape index (κ3) is 4.10. The quantitative estimate of drug-likeness (QED) is 0.805. The number of anilines is 1. The van der Waals surface area contributed by atoms with Crippen molar-refractivity contribution in [3.63, 3.8) is 0 Å². The first-order chi connectivity index (χ1) is 14.0. The van der Waals surface area contributed by atoms with Crippen LogP contribution >= 0.6 is 0 Å². The number of hydrogen-bond donors (Lipinski definition) is 1. The minimum absolute atomic E-state index is 0.00598. The Balaban J connectivity index is 1.47. The third-order valence-electron chi connectivity index (χ3n) is 6.02. The van der Waals surface area contributed by atoms with Gasteiger partial charge in [-0.25, -0.2) is 8.42 Å². The van der Waals surface area contributed by atoms with E-state index >= 15 is 0 Å². The number of carbonyl (C=O) groups is 1. The van der Waals surface area contributed by atoms with Gasteiger partial charge in [-0.15, -0.1) is 0 Å². The smallest absolute Gasteiger partial charge is 0.261 e. The molecule has 2 aliphatic rings. The molecule has 1 saturated heterocycles. The van der Waals surface area contributed by atoms with Gasteiger partial charge in [0, 0.05) is 23.8 Å². The van der Waals surface area contributed by atoms with E-state index < -0.39 is 10.0 Å². The van der Waals surface area contributed by atoms with Crippen molar-refractivity contribution < 1.29 is 17.9 Å². The summed E-state index contributed by atoms with van der Waals surface area (Å²) < 4.78 is 32.9. The molecule has 4 rings (SSSR count). The molecule has 2 unspecified atom stereocenters. The van der Waals surface area contributed by atoms with Gasteiger partial charge in [-0.05, 0) is 73.7 Å². The molecule has 2 fully saturated rings. The molecule has 6 nitrogen and oxygen atoms in total. The molecule has 0 aromatic heterocycles. The van der Waals surface area contributed by atoms with Crippen molar-refractivity contribution in [3.8, 4) is 5.75 Å². The molecule has 1 aliphatic carbocycles. The Morgan fingerprint density at radius 2 is 1.69 bits per heavy atom. The van der Waals surface area contributed by atoms with Gasteiger partial charge < -0.3 is 9.64 Å². The Kier molecular flexibility index (Phi) is 5.50. The van der Waals surface area contributed by atoms with E-state index in [1.54, 1.807) is 43.5 Å². The average molecular weight is 415 g/mol. The highest BCUT2D eigenvalue weighted by atomic mass is 32.2. The zero-order valence-corrected chi connectivity index (χ0v) is 17.3. The standard InChI is InChI=1S/C22H26N2O4S/c1-28-19-10-8-18(9-11-19)23-29(26,27)20-12-6-17(7-13-20)22(25)24-15-14-16-4-2-3-5-21(16)24/h6-13,16,21,23H,2-5,14-15H2,1H3. The monoisotopic (exact) mass is 414 g/mol. The Morgan fingerprint density at radius 1 is 1.00 bits per heavy atom. The van der Waals surface area contributed by atoms with Crippen LogP contribution in [0.1, 0.15) is 42.5 Å². The van der Waals surface area contributed by atoms with Crippen LogP contribution in [-0.4, -0.2) is 38.9 Å². The molecular weight excluding hydrogens is 388 g/mol. The van der Waals surface area contributed by atoms with Gasteiger partial charge in [0.25, 0.3) is 15.9 Å². The van der Waals surface area contributed by atoms with Crippen LogP contribution < -0.4 is 9.46 Å². The SMILES string of the molecule is COc1ccc(NS(=O)(=O)c2ccc(C(=O)N3CCC4CCCCC43)cc2)cc1. The molecule has 2 aromatic carbocycles. The summed E-state index contributed by atoms with van der Waals surface area (Å²) in [4.78, 5) is 15.1. The fourth-order valence-corrected chi connectivity index (χ4v) is 5.53. The summed E-state index contributed by atoms with van der Waals surface area (Å²) in [6.45, 7) is 0.799. The minimum Gasteiger partial charge on any atom is -0.497 e. The summed E-state index contributed by atoms with van der Waals surface area (Å²) >= 11 is 0. The van der Waals surface area contributed by atoms with Crippen LogP contribution in [0, 0.1) is 5.92 Å². The number of carbonyl (C=O) groups excluding carboxylic acids is 1. The number of methoxy groups -OCH3 is 1. The molecule has 0 radical (unpaired) electrons. The summed E-state index contributed by atoms with van der Waals surface area (Å²) in [5.41, 5.74) is 0.992. The van der Waals surface area contributed by atoms with E-state index in [0.717, 1.165) is 19.4 Å². The summed E-state index contributed by atoms with van der Waals surface area (Å²) in [6, 6.07) is 13.2. The lowest BCUT2D eigenvalue weighted by Crippen LogP contribution is -2.39. The summed E-state index contributed by atoms with van der Waals surface area (Å²) in [7, 11) is -2.17. The fraction of sp³-hybridized carbons (Fsp3) is 0.409. The first-order valence-corrected chi connectivity index (χ1v) is 11.5. The number of amides is 1. The minimum atomic E-state index is -3.73. The van der Waals surface area contributed by atoms with Gasteiger partial charge >= 0.3 is 0 Å². The summed E-state index contributed by atoms with van der Waals surface area (Å²) in [5, 5.41) is 0. The van der Waals surface area contributed by atoms with E-state index in [0.29, 0.717) is 29.0 Å². The van der Waals surface area contributed by atoms with Crippen LogP contribution in [0.4, 0.5) is 5.69 Å². The fourth-order valence-electron chi connectivity index (χ4n) is 4.47. The van der Waals surface area contributed by atoms with E-state index in [4.69, 9.17) is 4.74 Å². The van der Waals surface area contributed by atoms with Crippen LogP contribution in [0.15, 0.2) is 53.4 Å². The highest BCUT2D eigenvalue weighted by molar-refractivity contribution is 7.92. The summed E-state index contributed by atoms with van der Waals surface area (Å²) in [6.07, 6.45) is 5.81. The normalized spacial score (nSPS) is 21.5. The Labute approximate surface area is 171 Å². The van der Waals surface area contributed by atoms with Crippen molar-refractivity contribution in [2.45, 2.75) is 43.0 Å². The zero-order chi connectivity index (χ0) is 20.4. The Bertz CT molecular complexity index is 971. The number of nitrogens with one attached hydrogen (secondary N) is 1. The Morgan fingerprint density at radius 3 is 2.38 bits per heavy atom. The van der Waals surface area contributed by atoms with Gasteiger partial charge in [0.2, 0.25) is 0 Å². The van der Waals surface area contributed by atoms with E-state index in [1.807, 2.05) is 4.90 Å². The van der Waals surface area contributed by atoms with Gasteiger partial charge in [-0.3, -0.25) is 9.52 Å². The van der Waals surface area contributed by atoms with Crippen molar-refractivity contribution >= 4 is 21.6 Å². The maximum absolute atomic E-state index is 13.0. The van der Waals surface area contributed by atoms with Crippen molar-refractivity contribution in [3.05, 3.63) is 54.1 Å². The van der Waals surface area contributed by atoms with Gasteiger partial charge in [0.05, 0.1) is 12.0 Å². The van der Waals surface area contributed by atoms with Crippen molar-refractivity contribution in [1.29, 1.82) is 0 Å². The van der Waals surface area contributed by atoms with Gasteiger partial charge in [-0.2, -0.15) is 0 Å². The molecule has 1 amide bonds. The first-order valence-electron chi connectivity index (χ1n) is 10.1. The van der Waals surface area contributed by atoms with Gasteiger partial charge in [0.1, 0.15) is 5.75 Å². The molecule has 0 bridgehead atoms. The van der Waals surface area contributed by atoms with Crippen LogP contribution in [-0.2, 0) is 10.0 Å². The molecule has 1 saturated carbocycles. The number of ether oxygens (including phenoxy) is 1. The molecule has 2 atom stereocenters. The third-order valence-corrected chi connectivity index (χ3v) is 7.42. The number of benzene rings is 2. The lowest BCUT2D eigenvalue weighted by atomic mass is 9.85. The highest BCUT2D eigenvalue weighted by Gasteiger charge is 2.38. The molecule has 1 aliphatic heterocycles. The topological polar surface area (TPSA) is 75.7 Å². The second-order valence-corrected chi connectivity index (χ2v) is 9.44. The van der Waals surface area contributed by atoms with Crippen LogP contribution in [0.2, 0.25) is 0 Å². The second kappa shape index (κ2) is 8.06. The van der Waals surface area contributed by atoms with Crippen molar-refractivity contribution in [2.75, 3.05) is 18.4 Å². The predicted octanol–water partition coefficient (Wildman–Crippen LogP) is 3.90. The number of sulfonamides is 1. The maximum atomic E-state index is 13.0. The van der Waals surface area contributed by atoms with E-state index in [-0.39, 0.29) is 10.8 Å². The maximum Gasteiger partial charge on any atom is 0.261 e. The number of hydrogen-bond acceptors (Lipinski definition) is 4. The van der Waals surface area contributed by atoms with Crippen LogP contribution in [0.25, 0.3) is 0 Å². The summed E-state index contributed by atoms with van der Waals surface area (Å²) in [5.74, 6) is 1.28. The molecule has 2 aromatic rings. The molecule has 1 N–H and O–H groups in total. The number of rotatable bonds is 5. The number of fused-ring (bicyclic) bond motifs is 1. The Hall–Kier alpha value is -2.54. The van der Waals surface area contributed by atoms with E-state index in [2.05, 4.69) is 4.72 Å². The van der Waals surface area contributed by atoms with E-state index in [9.17, 15) is 13.2 Å². The van der Waals surface area contributed by atoms with Gasteiger partial charge in [-0.1, -0.05) is 12.8 Å². The predicted molar refractivity (Wildman–Crippen MR) is 112 cm³/mol. The second-order valence-electron chi connectivity index (χ2n) is 7.76. The average Bonchev–Trinajstić information content (AvgIpc) is 3.18. The molecule has 154 valence electrons. The molecular formula is C22H26N2O4S. The lowest BCUT2D eigenvalue weighted by Gasteiger charge is -2.31. The van der Waals surface area contributed by atoms with E-state index in [1.165, 1.54) is 31.4 Å². The largest absolute Gasteiger partial charge is 0.497 e. The number of likely N-dealkylation sites (tertiary alicyclic amines) is 1. The molecule has 1 heterocycles. The molecule has 29 heavy (non-hydrogen) atoms. The first kappa shape index (κ1) is 19.8. The lowest BCUT2D eigenvalue weighted by molar-refractivity contribution is 0.0690. The van der Waals surface area contributed by atoms with Crippen molar-refractivity contribution in [1.82, 2.24) is 4.90 Å². The molecule has 7 heteroatoms. The van der Waals surface area contributed by atoms with Crippen molar-refractivity contribution in [2.24, 2.45) is 5.92 Å². The van der Waals surface area contributed by atoms with Crippen LogP contribution in [0.5, 0.6) is 5.75 Å².